The van der Waals surface area contributed by atoms with Gasteiger partial charge in [0.25, 0.3) is 0 Å². The quantitative estimate of drug-likeness (QED) is 0.828. The largest absolute Gasteiger partial charge is 0.352 e. The van der Waals surface area contributed by atoms with E-state index in [1.165, 1.54) is 32.1 Å². The third-order valence-electron chi connectivity index (χ3n) is 4.64. The molecule has 1 aliphatic rings. The average molecular weight is 328 g/mol. The molecule has 1 saturated carbocycles. The average Bonchev–Trinajstić information content (AvgIpc) is 3.14. The summed E-state index contributed by atoms with van der Waals surface area (Å²) in [4.78, 5) is 16.4. The SMILES string of the molecule is O=C(CCC1CCCCC1)NCc1ccnc(-c2ccsc2)c1. The Labute approximate surface area is 142 Å². The monoisotopic (exact) mass is 328 g/mol. The second-order valence-electron chi connectivity index (χ2n) is 6.38. The highest BCUT2D eigenvalue weighted by Crippen LogP contribution is 2.27. The van der Waals surface area contributed by atoms with Crippen LogP contribution in [0.25, 0.3) is 11.3 Å². The van der Waals surface area contributed by atoms with Crippen molar-refractivity contribution in [2.24, 2.45) is 5.92 Å². The van der Waals surface area contributed by atoms with Crippen LogP contribution in [0.4, 0.5) is 0 Å². The fourth-order valence-corrected chi connectivity index (χ4v) is 3.90. The molecule has 0 aliphatic heterocycles. The topological polar surface area (TPSA) is 42.0 Å². The summed E-state index contributed by atoms with van der Waals surface area (Å²) in [6, 6.07) is 6.10. The van der Waals surface area contributed by atoms with Crippen LogP contribution in [0.1, 0.15) is 50.5 Å². The second kappa shape index (κ2) is 8.25. The lowest BCUT2D eigenvalue weighted by molar-refractivity contribution is -0.121. The maximum atomic E-state index is 12.0. The van der Waals surface area contributed by atoms with Crippen LogP contribution in [0.15, 0.2) is 35.2 Å². The molecule has 1 aliphatic carbocycles. The van der Waals surface area contributed by atoms with Gasteiger partial charge in [-0.2, -0.15) is 11.3 Å². The van der Waals surface area contributed by atoms with Crippen molar-refractivity contribution in [3.63, 3.8) is 0 Å². The first-order valence-corrected chi connectivity index (χ1v) is 9.50. The molecule has 23 heavy (non-hydrogen) atoms. The van der Waals surface area contributed by atoms with Crippen molar-refractivity contribution in [1.29, 1.82) is 0 Å². The lowest BCUT2D eigenvalue weighted by Crippen LogP contribution is -2.23. The first-order chi connectivity index (χ1) is 11.3. The maximum absolute atomic E-state index is 12.0. The molecule has 3 nitrogen and oxygen atoms in total. The number of nitrogens with one attached hydrogen (secondary N) is 1. The Morgan fingerprint density at radius 2 is 2.13 bits per heavy atom. The summed E-state index contributed by atoms with van der Waals surface area (Å²) < 4.78 is 0. The Morgan fingerprint density at radius 1 is 1.26 bits per heavy atom. The lowest BCUT2D eigenvalue weighted by atomic mass is 9.86. The van der Waals surface area contributed by atoms with Crippen LogP contribution in [0.3, 0.4) is 0 Å². The van der Waals surface area contributed by atoms with Gasteiger partial charge in [-0.1, -0.05) is 32.1 Å². The van der Waals surface area contributed by atoms with Crippen LogP contribution >= 0.6 is 11.3 Å². The molecule has 122 valence electrons. The number of carbonyl (C=O) groups is 1. The van der Waals surface area contributed by atoms with Crippen LogP contribution in [0, 0.1) is 5.92 Å². The van der Waals surface area contributed by atoms with Crippen molar-refractivity contribution in [2.75, 3.05) is 0 Å². The van der Waals surface area contributed by atoms with Crippen LogP contribution < -0.4 is 5.32 Å². The van der Waals surface area contributed by atoms with E-state index in [0.29, 0.717) is 13.0 Å². The Balaban J connectivity index is 1.46. The molecule has 0 aromatic carbocycles. The summed E-state index contributed by atoms with van der Waals surface area (Å²) in [6.45, 7) is 0.586. The van der Waals surface area contributed by atoms with E-state index in [0.717, 1.165) is 29.2 Å². The molecular formula is C19H24N2OS. The Hall–Kier alpha value is -1.68. The van der Waals surface area contributed by atoms with Crippen molar-refractivity contribution < 1.29 is 4.79 Å². The van der Waals surface area contributed by atoms with Crippen molar-refractivity contribution in [3.8, 4) is 11.3 Å². The highest BCUT2D eigenvalue weighted by atomic mass is 32.1. The molecule has 0 spiro atoms. The van der Waals surface area contributed by atoms with Gasteiger partial charge in [0.1, 0.15) is 0 Å². The number of amides is 1. The summed E-state index contributed by atoms with van der Waals surface area (Å²) in [5, 5.41) is 7.19. The number of aromatic nitrogens is 1. The van der Waals surface area contributed by atoms with E-state index in [1.54, 1.807) is 11.3 Å². The Morgan fingerprint density at radius 3 is 2.91 bits per heavy atom. The van der Waals surface area contributed by atoms with Crippen molar-refractivity contribution >= 4 is 17.2 Å². The van der Waals surface area contributed by atoms with E-state index in [1.807, 2.05) is 12.3 Å². The molecule has 2 aromatic rings. The fourth-order valence-electron chi connectivity index (χ4n) is 3.25. The van der Waals surface area contributed by atoms with Crippen LogP contribution in [-0.4, -0.2) is 10.9 Å². The predicted octanol–water partition coefficient (Wildman–Crippen LogP) is 4.79. The normalized spacial score (nSPS) is 15.5. The number of thiophene rings is 1. The number of pyridine rings is 1. The van der Waals surface area contributed by atoms with Gasteiger partial charge >= 0.3 is 0 Å². The van der Waals surface area contributed by atoms with Crippen molar-refractivity contribution in [2.45, 2.75) is 51.5 Å². The molecule has 1 N–H and O–H groups in total. The first kappa shape index (κ1) is 16.2. The van der Waals surface area contributed by atoms with Crippen LogP contribution in [0.5, 0.6) is 0 Å². The molecule has 3 rings (SSSR count). The van der Waals surface area contributed by atoms with Gasteiger partial charge < -0.3 is 5.32 Å². The van der Waals surface area contributed by atoms with E-state index in [4.69, 9.17) is 0 Å². The molecule has 1 amide bonds. The zero-order valence-electron chi connectivity index (χ0n) is 13.5. The van der Waals surface area contributed by atoms with Crippen molar-refractivity contribution in [1.82, 2.24) is 10.3 Å². The van der Waals surface area contributed by atoms with E-state index in [9.17, 15) is 4.79 Å². The van der Waals surface area contributed by atoms with Gasteiger partial charge in [-0.25, -0.2) is 0 Å². The van der Waals surface area contributed by atoms with Gasteiger partial charge in [0.05, 0.1) is 5.69 Å². The summed E-state index contributed by atoms with van der Waals surface area (Å²) in [6.07, 6.45) is 10.2. The predicted molar refractivity (Wildman–Crippen MR) is 95.2 cm³/mol. The minimum absolute atomic E-state index is 0.171. The first-order valence-electron chi connectivity index (χ1n) is 8.55. The van der Waals surface area contributed by atoms with E-state index < -0.39 is 0 Å². The van der Waals surface area contributed by atoms with Gasteiger partial charge in [-0.05, 0) is 41.5 Å². The number of hydrogen-bond acceptors (Lipinski definition) is 3. The lowest BCUT2D eigenvalue weighted by Gasteiger charge is -2.21. The molecule has 2 heterocycles. The molecule has 0 bridgehead atoms. The summed E-state index contributed by atoms with van der Waals surface area (Å²) >= 11 is 1.67. The van der Waals surface area contributed by atoms with E-state index in [-0.39, 0.29) is 5.91 Å². The van der Waals surface area contributed by atoms with E-state index >= 15 is 0 Å². The maximum Gasteiger partial charge on any atom is 0.220 e. The Bertz CT molecular complexity index is 618. The third kappa shape index (κ3) is 4.90. The molecule has 0 radical (unpaired) electrons. The third-order valence-corrected chi connectivity index (χ3v) is 5.32. The van der Waals surface area contributed by atoms with E-state index in [2.05, 4.69) is 33.2 Å². The smallest absolute Gasteiger partial charge is 0.220 e. The summed E-state index contributed by atoms with van der Waals surface area (Å²) in [5.41, 5.74) is 3.22. The molecule has 2 aromatic heterocycles. The molecule has 0 saturated heterocycles. The summed E-state index contributed by atoms with van der Waals surface area (Å²) in [5.74, 6) is 0.935. The van der Waals surface area contributed by atoms with Crippen LogP contribution in [-0.2, 0) is 11.3 Å². The zero-order valence-corrected chi connectivity index (χ0v) is 14.3. The number of hydrogen-bond donors (Lipinski definition) is 1. The number of nitrogens with zero attached hydrogens (tertiary/aromatic N) is 1. The van der Waals surface area contributed by atoms with Gasteiger partial charge in [0, 0.05) is 30.1 Å². The highest BCUT2D eigenvalue weighted by Gasteiger charge is 2.14. The van der Waals surface area contributed by atoms with Crippen molar-refractivity contribution in [3.05, 3.63) is 40.7 Å². The number of carbonyl (C=O) groups excluding carboxylic acids is 1. The molecule has 0 atom stereocenters. The van der Waals surface area contributed by atoms with Gasteiger partial charge in [-0.15, -0.1) is 0 Å². The summed E-state index contributed by atoms with van der Waals surface area (Å²) in [7, 11) is 0. The second-order valence-corrected chi connectivity index (χ2v) is 7.16. The molecule has 0 unspecified atom stereocenters. The van der Waals surface area contributed by atoms with Crippen LogP contribution in [0.2, 0.25) is 0 Å². The van der Waals surface area contributed by atoms with Gasteiger partial charge in [-0.3, -0.25) is 9.78 Å². The minimum atomic E-state index is 0.171. The standard InChI is InChI=1S/C19H24N2OS/c22-19(7-6-15-4-2-1-3-5-15)21-13-16-8-10-20-18(12-16)17-9-11-23-14-17/h8-12,14-15H,1-7,13H2,(H,21,22). The zero-order chi connectivity index (χ0) is 15.9. The van der Waals surface area contributed by atoms with Gasteiger partial charge in [0.15, 0.2) is 0 Å². The highest BCUT2D eigenvalue weighted by molar-refractivity contribution is 7.08. The minimum Gasteiger partial charge on any atom is -0.352 e. The molecule has 4 heteroatoms. The molecule has 1 fully saturated rings. The Kier molecular flexibility index (Phi) is 5.81. The fraction of sp³-hybridized carbons (Fsp3) is 0.474. The van der Waals surface area contributed by atoms with Gasteiger partial charge in [0.2, 0.25) is 5.91 Å². The number of rotatable bonds is 6. The molecular weight excluding hydrogens is 304 g/mol.